The first kappa shape index (κ1) is 27.9. The van der Waals surface area contributed by atoms with E-state index in [1.54, 1.807) is 19.1 Å². The second-order valence-electron chi connectivity index (χ2n) is 9.28. The minimum absolute atomic E-state index is 0.0146. The van der Waals surface area contributed by atoms with Crippen molar-refractivity contribution < 1.29 is 31.5 Å². The third-order valence-corrected chi connectivity index (χ3v) is 8.58. The predicted molar refractivity (Wildman–Crippen MR) is 137 cm³/mol. The molecule has 1 heterocycles. The third kappa shape index (κ3) is 6.17. The monoisotopic (exact) mass is 539 g/mol. The Hall–Kier alpha value is -2.67. The maximum absolute atomic E-state index is 13.4. The van der Waals surface area contributed by atoms with Gasteiger partial charge in [-0.25, -0.2) is 16.8 Å². The highest BCUT2D eigenvalue weighted by Gasteiger charge is 2.36. The average Bonchev–Trinajstić information content (AvgIpc) is 2.80. The second kappa shape index (κ2) is 10.8. The summed E-state index contributed by atoms with van der Waals surface area (Å²) in [7, 11) is -6.09. The van der Waals surface area contributed by atoms with Crippen LogP contribution in [0.3, 0.4) is 0 Å². The van der Waals surface area contributed by atoms with E-state index in [1.807, 2.05) is 13.8 Å². The van der Waals surface area contributed by atoms with Crippen molar-refractivity contribution in [2.24, 2.45) is 5.92 Å². The minimum Gasteiger partial charge on any atom is -0.486 e. The van der Waals surface area contributed by atoms with E-state index in [9.17, 15) is 26.7 Å². The van der Waals surface area contributed by atoms with Crippen molar-refractivity contribution in [3.8, 4) is 5.75 Å². The number of para-hydroxylation sites is 1. The van der Waals surface area contributed by atoms with Gasteiger partial charge in [0.2, 0.25) is 20.0 Å². The largest absolute Gasteiger partial charge is 0.486 e. The summed E-state index contributed by atoms with van der Waals surface area (Å²) in [6, 6.07) is 10.5. The van der Waals surface area contributed by atoms with Crippen LogP contribution in [0, 0.1) is 12.8 Å². The van der Waals surface area contributed by atoms with Crippen LogP contribution in [-0.2, 0) is 20.0 Å². The van der Waals surface area contributed by atoms with Crippen molar-refractivity contribution in [1.29, 1.82) is 0 Å². The van der Waals surface area contributed by atoms with Gasteiger partial charge in [-0.05, 0) is 38.1 Å². The molecule has 0 spiro atoms. The number of carbonyl (C=O) groups is 1. The minimum atomic E-state index is -3.84. The Morgan fingerprint density at radius 2 is 1.81 bits per heavy atom. The first-order valence-corrected chi connectivity index (χ1v) is 14.8. The van der Waals surface area contributed by atoms with Gasteiger partial charge >= 0.3 is 0 Å². The van der Waals surface area contributed by atoms with Crippen molar-refractivity contribution in [3.05, 3.63) is 53.6 Å². The first-order chi connectivity index (χ1) is 16.7. The molecule has 1 aliphatic heterocycles. The maximum Gasteiger partial charge on any atom is 0.258 e. The number of carbonyl (C=O) groups excluding carboxylic acids is 1. The molecule has 2 aromatic rings. The van der Waals surface area contributed by atoms with Gasteiger partial charge in [-0.3, -0.25) is 9.52 Å². The van der Waals surface area contributed by atoms with Crippen molar-refractivity contribution in [1.82, 2.24) is 9.21 Å². The van der Waals surface area contributed by atoms with E-state index in [2.05, 4.69) is 4.72 Å². The fourth-order valence-electron chi connectivity index (χ4n) is 3.98. The molecular formula is C24H33N3O7S2. The molecule has 0 saturated carbocycles. The number of hydrogen-bond acceptors (Lipinski definition) is 7. The van der Waals surface area contributed by atoms with E-state index in [1.165, 1.54) is 46.6 Å². The number of nitrogens with one attached hydrogen (secondary N) is 1. The zero-order valence-corrected chi connectivity index (χ0v) is 22.6. The molecule has 198 valence electrons. The third-order valence-electron chi connectivity index (χ3n) is 6.15. The van der Waals surface area contributed by atoms with Crippen LogP contribution < -0.4 is 9.46 Å². The van der Waals surface area contributed by atoms with Crippen LogP contribution in [0.2, 0.25) is 0 Å². The van der Waals surface area contributed by atoms with E-state index >= 15 is 0 Å². The molecule has 0 bridgehead atoms. The summed E-state index contributed by atoms with van der Waals surface area (Å²) in [5.41, 5.74) is 1.12. The van der Waals surface area contributed by atoms with Crippen LogP contribution in [0.25, 0.3) is 0 Å². The molecule has 0 radical (unpaired) electrons. The number of nitrogens with zero attached hydrogens (tertiary/aromatic N) is 2. The molecule has 10 nitrogen and oxygen atoms in total. The fourth-order valence-corrected chi connectivity index (χ4v) is 5.73. The molecular weight excluding hydrogens is 506 g/mol. The zero-order chi connectivity index (χ0) is 26.8. The SMILES string of the molecule is Cc1ccc(S(=O)(=O)N(C)C[C@H]2Oc3c(NS(C)(=O)=O)cccc3C(=O)N([C@@H](C)CO)C[C@H]2C)cc1. The van der Waals surface area contributed by atoms with Gasteiger partial charge in [0, 0.05) is 19.5 Å². The Morgan fingerprint density at radius 3 is 2.39 bits per heavy atom. The number of rotatable bonds is 8. The smallest absolute Gasteiger partial charge is 0.258 e. The van der Waals surface area contributed by atoms with Gasteiger partial charge in [-0.15, -0.1) is 0 Å². The number of amides is 1. The topological polar surface area (TPSA) is 133 Å². The number of aliphatic hydroxyl groups is 1. The molecule has 1 aliphatic rings. The lowest BCUT2D eigenvalue weighted by Crippen LogP contribution is -2.50. The van der Waals surface area contributed by atoms with E-state index in [0.29, 0.717) is 0 Å². The van der Waals surface area contributed by atoms with Crippen molar-refractivity contribution in [2.75, 3.05) is 37.7 Å². The van der Waals surface area contributed by atoms with Gasteiger partial charge in [-0.2, -0.15) is 4.31 Å². The number of fused-ring (bicyclic) bond motifs is 1. The van der Waals surface area contributed by atoms with E-state index in [-0.39, 0.29) is 47.5 Å². The van der Waals surface area contributed by atoms with Crippen molar-refractivity contribution in [3.63, 3.8) is 0 Å². The molecule has 0 aromatic heterocycles. The number of likely N-dealkylation sites (N-methyl/N-ethyl adjacent to an activating group) is 1. The van der Waals surface area contributed by atoms with Crippen LogP contribution in [0.1, 0.15) is 29.8 Å². The number of anilines is 1. The predicted octanol–water partition coefficient (Wildman–Crippen LogP) is 1.91. The van der Waals surface area contributed by atoms with Crippen LogP contribution >= 0.6 is 0 Å². The standard InChI is InChI=1S/C24H33N3O7S2/c1-16-9-11-19(12-10-16)36(32,33)26(4)14-22-17(2)13-27(18(3)15-28)24(29)20-7-6-8-21(23(20)34-22)25-35(5,30)31/h6-12,17-18,22,25,28H,13-15H2,1-5H3/t17-,18+,22-/m1/s1. The van der Waals surface area contributed by atoms with Gasteiger partial charge in [0.1, 0.15) is 6.10 Å². The van der Waals surface area contributed by atoms with Gasteiger partial charge in [0.05, 0.1) is 41.6 Å². The van der Waals surface area contributed by atoms with Crippen LogP contribution in [0.15, 0.2) is 47.4 Å². The maximum atomic E-state index is 13.4. The lowest BCUT2D eigenvalue weighted by atomic mass is 9.99. The quantitative estimate of drug-likeness (QED) is 0.523. The van der Waals surface area contributed by atoms with Crippen LogP contribution in [-0.4, -0.2) is 82.2 Å². The molecule has 3 atom stereocenters. The molecule has 12 heteroatoms. The first-order valence-electron chi connectivity index (χ1n) is 11.5. The summed E-state index contributed by atoms with van der Waals surface area (Å²) in [6.45, 7) is 5.26. The number of aryl methyl sites for hydroxylation is 1. The summed E-state index contributed by atoms with van der Waals surface area (Å²) >= 11 is 0. The van der Waals surface area contributed by atoms with E-state index in [0.717, 1.165) is 11.8 Å². The molecule has 3 rings (SSSR count). The number of benzene rings is 2. The molecule has 1 amide bonds. The number of hydrogen-bond donors (Lipinski definition) is 2. The van der Waals surface area contributed by atoms with Gasteiger partial charge in [-0.1, -0.05) is 30.7 Å². The molecule has 0 unspecified atom stereocenters. The molecule has 0 aliphatic carbocycles. The number of sulfonamides is 2. The lowest BCUT2D eigenvalue weighted by molar-refractivity contribution is 0.0389. The van der Waals surface area contributed by atoms with Gasteiger partial charge in [0.15, 0.2) is 5.75 Å². The Morgan fingerprint density at radius 1 is 1.17 bits per heavy atom. The Kier molecular flexibility index (Phi) is 8.33. The Labute approximate surface area is 213 Å². The number of aliphatic hydroxyl groups excluding tert-OH is 1. The summed E-state index contributed by atoms with van der Waals surface area (Å²) in [5, 5.41) is 9.77. The van der Waals surface area contributed by atoms with Crippen LogP contribution in [0.5, 0.6) is 5.75 Å². The average molecular weight is 540 g/mol. The summed E-state index contributed by atoms with van der Waals surface area (Å²) < 4.78 is 60.3. The summed E-state index contributed by atoms with van der Waals surface area (Å²) in [5.74, 6) is -0.770. The van der Waals surface area contributed by atoms with Gasteiger partial charge < -0.3 is 14.7 Å². The van der Waals surface area contributed by atoms with Crippen LogP contribution in [0.4, 0.5) is 5.69 Å². The highest BCUT2D eigenvalue weighted by atomic mass is 32.2. The highest BCUT2D eigenvalue weighted by molar-refractivity contribution is 7.92. The molecule has 0 saturated heterocycles. The molecule has 0 fully saturated rings. The zero-order valence-electron chi connectivity index (χ0n) is 21.0. The van der Waals surface area contributed by atoms with Crippen molar-refractivity contribution in [2.45, 2.75) is 37.8 Å². The Bertz CT molecular complexity index is 1310. The Balaban J connectivity index is 2.05. The molecule has 2 N–H and O–H groups in total. The van der Waals surface area contributed by atoms with Gasteiger partial charge in [0.25, 0.3) is 5.91 Å². The van der Waals surface area contributed by atoms with Crippen molar-refractivity contribution >= 4 is 31.6 Å². The second-order valence-corrected chi connectivity index (χ2v) is 13.1. The van der Waals surface area contributed by atoms with E-state index < -0.39 is 38.1 Å². The number of ether oxygens (including phenoxy) is 1. The highest BCUT2D eigenvalue weighted by Crippen LogP contribution is 2.35. The fraction of sp³-hybridized carbons (Fsp3) is 0.458. The summed E-state index contributed by atoms with van der Waals surface area (Å²) in [4.78, 5) is 15.0. The lowest BCUT2D eigenvalue weighted by Gasteiger charge is -2.38. The summed E-state index contributed by atoms with van der Waals surface area (Å²) in [6.07, 6.45) is 0.247. The van der Waals surface area contributed by atoms with E-state index in [4.69, 9.17) is 4.74 Å². The molecule has 36 heavy (non-hydrogen) atoms. The normalized spacial score (nSPS) is 19.8. The molecule has 2 aromatic carbocycles.